The highest BCUT2D eigenvalue weighted by Crippen LogP contribution is 2.33. The van der Waals surface area contributed by atoms with Crippen molar-refractivity contribution in [2.75, 3.05) is 36.6 Å². The van der Waals surface area contributed by atoms with Crippen LogP contribution in [0.25, 0.3) is 0 Å². The van der Waals surface area contributed by atoms with E-state index in [1.807, 2.05) is 35.4 Å². The van der Waals surface area contributed by atoms with Gasteiger partial charge in [-0.15, -0.1) is 0 Å². The van der Waals surface area contributed by atoms with Crippen LogP contribution in [0.1, 0.15) is 30.0 Å². The van der Waals surface area contributed by atoms with Gasteiger partial charge in [-0.1, -0.05) is 37.3 Å². The number of hydrogen-bond acceptors (Lipinski definition) is 7. The van der Waals surface area contributed by atoms with Crippen molar-refractivity contribution in [3.05, 3.63) is 59.1 Å². The molecule has 0 aliphatic carbocycles. The number of hydrogen-bond donors (Lipinski definition) is 1. The van der Waals surface area contributed by atoms with Gasteiger partial charge >= 0.3 is 0 Å². The summed E-state index contributed by atoms with van der Waals surface area (Å²) < 4.78 is 10.0. The van der Waals surface area contributed by atoms with Crippen LogP contribution in [0.3, 0.4) is 0 Å². The molecule has 3 aromatic rings. The molecule has 1 N–H and O–H groups in total. The number of fused-ring (bicyclic) bond motifs is 1. The summed E-state index contributed by atoms with van der Waals surface area (Å²) in [7, 11) is -1.12. The summed E-state index contributed by atoms with van der Waals surface area (Å²) in [5, 5.41) is 18.2. The highest BCUT2D eigenvalue weighted by molar-refractivity contribution is 6.76. The first kappa shape index (κ1) is 26.5. The first-order chi connectivity index (χ1) is 18.3. The summed E-state index contributed by atoms with van der Waals surface area (Å²) in [5.74, 6) is 2.18. The first-order valence-corrected chi connectivity index (χ1v) is 17.3. The lowest BCUT2D eigenvalue weighted by Crippen LogP contribution is -2.25. The number of nitriles is 1. The predicted molar refractivity (Wildman–Crippen MR) is 154 cm³/mol. The van der Waals surface area contributed by atoms with E-state index >= 15 is 0 Å². The van der Waals surface area contributed by atoms with Gasteiger partial charge in [-0.25, -0.2) is 4.98 Å². The largest absolute Gasteiger partial charge is 0.361 e. The second-order valence-electron chi connectivity index (χ2n) is 11.2. The Morgan fingerprint density at radius 1 is 1.29 bits per heavy atom. The fraction of sp³-hybridized carbons (Fsp3) is 0.481. The summed E-state index contributed by atoms with van der Waals surface area (Å²) >= 11 is 6.11. The Kier molecular flexibility index (Phi) is 7.88. The molecule has 5 heterocycles. The molecule has 1 fully saturated rings. The maximum absolute atomic E-state index is 9.62. The number of anilines is 2. The van der Waals surface area contributed by atoms with Gasteiger partial charge in [0.15, 0.2) is 0 Å². The number of pyridine rings is 1. The first-order valence-electron chi connectivity index (χ1n) is 13.2. The van der Waals surface area contributed by atoms with E-state index in [-0.39, 0.29) is 12.0 Å². The van der Waals surface area contributed by atoms with Gasteiger partial charge in [0.25, 0.3) is 0 Å². The SMILES string of the molecule is C[Si](C)(C)CCOCn1ccc2c1NCN=C2c1cnn(C(CC#N)C2CCN(c3cccc(Cl)n3)C2)c1. The van der Waals surface area contributed by atoms with Crippen molar-refractivity contribution in [3.8, 4) is 6.07 Å². The van der Waals surface area contributed by atoms with E-state index in [1.165, 1.54) is 0 Å². The third-order valence-electron chi connectivity index (χ3n) is 7.24. The Balaban J connectivity index is 1.29. The molecule has 0 amide bonds. The van der Waals surface area contributed by atoms with Crippen LogP contribution in [0, 0.1) is 17.2 Å². The molecule has 0 bridgehead atoms. The van der Waals surface area contributed by atoms with Gasteiger partial charge in [0.05, 0.1) is 30.4 Å². The van der Waals surface area contributed by atoms with E-state index in [0.717, 1.165) is 60.6 Å². The minimum Gasteiger partial charge on any atom is -0.361 e. The van der Waals surface area contributed by atoms with Crippen LogP contribution in [0.2, 0.25) is 30.8 Å². The monoisotopic (exact) mass is 550 g/mol. The predicted octanol–water partition coefficient (Wildman–Crippen LogP) is 5.25. The third-order valence-corrected chi connectivity index (χ3v) is 9.15. The maximum Gasteiger partial charge on any atom is 0.131 e. The van der Waals surface area contributed by atoms with Crippen LogP contribution < -0.4 is 10.2 Å². The molecule has 0 saturated carbocycles. The molecule has 2 aliphatic heterocycles. The van der Waals surface area contributed by atoms with Crippen LogP contribution in [0.5, 0.6) is 0 Å². The molecule has 200 valence electrons. The summed E-state index contributed by atoms with van der Waals surface area (Å²) in [5.41, 5.74) is 2.91. The minimum atomic E-state index is -1.12. The molecule has 2 unspecified atom stereocenters. The van der Waals surface area contributed by atoms with E-state index in [1.54, 1.807) is 6.07 Å². The van der Waals surface area contributed by atoms with Crippen LogP contribution in [0.4, 0.5) is 11.6 Å². The molecular weight excluding hydrogens is 516 g/mol. The molecule has 1 saturated heterocycles. The number of halogens is 1. The topological polar surface area (TPSA) is 96.3 Å². The van der Waals surface area contributed by atoms with Gasteiger partial charge < -0.3 is 19.5 Å². The molecule has 0 radical (unpaired) electrons. The van der Waals surface area contributed by atoms with E-state index in [0.29, 0.717) is 25.0 Å². The quantitative estimate of drug-likeness (QED) is 0.210. The van der Waals surface area contributed by atoms with Gasteiger partial charge in [-0.05, 0) is 30.7 Å². The smallest absolute Gasteiger partial charge is 0.131 e. The van der Waals surface area contributed by atoms with E-state index in [9.17, 15) is 5.26 Å². The molecule has 2 atom stereocenters. The number of aliphatic imine (C=N–C) groups is 1. The van der Waals surface area contributed by atoms with E-state index in [4.69, 9.17) is 26.4 Å². The van der Waals surface area contributed by atoms with E-state index in [2.05, 4.69) is 51.5 Å². The molecule has 38 heavy (non-hydrogen) atoms. The van der Waals surface area contributed by atoms with Crippen LogP contribution >= 0.6 is 11.6 Å². The summed E-state index contributed by atoms with van der Waals surface area (Å²) in [4.78, 5) is 11.5. The van der Waals surface area contributed by atoms with Crippen molar-refractivity contribution < 1.29 is 4.74 Å². The van der Waals surface area contributed by atoms with Crippen molar-refractivity contribution >= 4 is 37.0 Å². The number of nitrogens with zero attached hydrogens (tertiary/aromatic N) is 7. The van der Waals surface area contributed by atoms with Gasteiger partial charge in [-0.2, -0.15) is 10.4 Å². The Morgan fingerprint density at radius 3 is 2.95 bits per heavy atom. The molecule has 11 heteroatoms. The zero-order chi connectivity index (χ0) is 26.7. The molecule has 0 spiro atoms. The number of ether oxygens (including phenoxy) is 1. The number of aromatic nitrogens is 4. The Bertz CT molecular complexity index is 1340. The summed E-state index contributed by atoms with van der Waals surface area (Å²) in [6.07, 6.45) is 7.31. The van der Waals surface area contributed by atoms with Crippen molar-refractivity contribution in [2.45, 2.75) is 51.3 Å². The van der Waals surface area contributed by atoms with Crippen molar-refractivity contribution in [2.24, 2.45) is 10.9 Å². The van der Waals surface area contributed by atoms with Crippen molar-refractivity contribution in [1.29, 1.82) is 5.26 Å². The van der Waals surface area contributed by atoms with Crippen LogP contribution in [0.15, 0.2) is 47.8 Å². The lowest BCUT2D eigenvalue weighted by molar-refractivity contribution is 0.0887. The molecule has 0 aromatic carbocycles. The highest BCUT2D eigenvalue weighted by Gasteiger charge is 2.32. The van der Waals surface area contributed by atoms with Crippen molar-refractivity contribution in [3.63, 3.8) is 0 Å². The molecule has 5 rings (SSSR count). The average molecular weight is 551 g/mol. The lowest BCUT2D eigenvalue weighted by Gasteiger charge is -2.23. The van der Waals surface area contributed by atoms with Crippen LogP contribution in [-0.4, -0.2) is 59.5 Å². The van der Waals surface area contributed by atoms with Gasteiger partial charge in [-0.3, -0.25) is 9.67 Å². The standard InChI is InChI=1S/C27H35ClN8OSi/c1-38(2,3)14-13-37-19-35-12-9-22-26(30-18-31-27(22)35)21-15-32-36(17-21)23(7-10-29)20-8-11-34(16-20)25-6-4-5-24(28)33-25/h4-6,9,12,15,17,20,23,31H,7-8,11,13-14,16,18-19H2,1-3H3. The minimum absolute atomic E-state index is 0.0240. The van der Waals surface area contributed by atoms with Gasteiger partial charge in [0.2, 0.25) is 0 Å². The van der Waals surface area contributed by atoms with Gasteiger partial charge in [0, 0.05) is 57.2 Å². The zero-order valence-electron chi connectivity index (χ0n) is 22.3. The summed E-state index contributed by atoms with van der Waals surface area (Å²) in [6, 6.07) is 11.3. The Labute approximate surface area is 230 Å². The van der Waals surface area contributed by atoms with Crippen LogP contribution in [-0.2, 0) is 11.5 Å². The number of nitrogens with one attached hydrogen (secondary N) is 1. The lowest BCUT2D eigenvalue weighted by atomic mass is 9.96. The molecular formula is C27H35ClN8OSi. The second kappa shape index (κ2) is 11.3. The molecule has 9 nitrogen and oxygen atoms in total. The Morgan fingerprint density at radius 2 is 2.16 bits per heavy atom. The molecule has 3 aromatic heterocycles. The second-order valence-corrected chi connectivity index (χ2v) is 17.2. The zero-order valence-corrected chi connectivity index (χ0v) is 24.0. The molecule has 2 aliphatic rings. The maximum atomic E-state index is 9.62. The van der Waals surface area contributed by atoms with E-state index < -0.39 is 8.07 Å². The normalized spacial score (nSPS) is 18.0. The summed E-state index contributed by atoms with van der Waals surface area (Å²) in [6.45, 7) is 10.6. The van der Waals surface area contributed by atoms with Gasteiger partial charge in [0.1, 0.15) is 30.2 Å². The fourth-order valence-electron chi connectivity index (χ4n) is 5.13. The Hall–Kier alpha value is -3.13. The number of rotatable bonds is 10. The third kappa shape index (κ3) is 5.95. The highest BCUT2D eigenvalue weighted by atomic mass is 35.5. The van der Waals surface area contributed by atoms with Crippen molar-refractivity contribution in [1.82, 2.24) is 19.3 Å². The fourth-order valence-corrected chi connectivity index (χ4v) is 6.05. The average Bonchev–Trinajstić information content (AvgIpc) is 3.65.